The third kappa shape index (κ3) is 4.25. The molecule has 5 nitrogen and oxygen atoms in total. The lowest BCUT2D eigenvalue weighted by molar-refractivity contribution is -0.149. The van der Waals surface area contributed by atoms with Gasteiger partial charge in [0, 0.05) is 11.1 Å². The van der Waals surface area contributed by atoms with Crippen molar-refractivity contribution in [2.45, 2.75) is 39.0 Å². The second kappa shape index (κ2) is 8.44. The first-order chi connectivity index (χ1) is 13.0. The third-order valence-electron chi connectivity index (χ3n) is 4.30. The number of aliphatic imine (C=N–C) groups is 1. The second-order valence-electron chi connectivity index (χ2n) is 6.52. The molecule has 1 heterocycles. The number of carbonyl (C=O) groups excluding carboxylic acids is 1. The van der Waals surface area contributed by atoms with Crippen LogP contribution >= 0.6 is 11.6 Å². The summed E-state index contributed by atoms with van der Waals surface area (Å²) in [5, 5.41) is 0.638. The second-order valence-corrected chi connectivity index (χ2v) is 6.95. The fraction of sp³-hybridized carbons (Fsp3) is 0.333. The van der Waals surface area contributed by atoms with E-state index in [2.05, 4.69) is 4.99 Å². The van der Waals surface area contributed by atoms with E-state index in [-0.39, 0.29) is 12.0 Å². The molecule has 2 aromatic carbocycles. The van der Waals surface area contributed by atoms with Crippen LogP contribution in [-0.2, 0) is 14.3 Å². The number of esters is 1. The van der Waals surface area contributed by atoms with Crippen molar-refractivity contribution in [3.05, 3.63) is 65.2 Å². The first kappa shape index (κ1) is 19.2. The van der Waals surface area contributed by atoms with Gasteiger partial charge >= 0.3 is 5.97 Å². The summed E-state index contributed by atoms with van der Waals surface area (Å²) in [6, 6.07) is 16.6. The SMILES string of the molecule is CCOC(=O)[C@H]1[C@H](c2ccccc2)OC(=Nc2ccc(Cl)cc2)N1C(C)C. The molecule has 1 aliphatic rings. The summed E-state index contributed by atoms with van der Waals surface area (Å²) >= 11 is 5.96. The van der Waals surface area contributed by atoms with Crippen LogP contribution in [0.25, 0.3) is 0 Å². The van der Waals surface area contributed by atoms with Gasteiger partial charge in [-0.1, -0.05) is 41.9 Å². The fourth-order valence-corrected chi connectivity index (χ4v) is 3.24. The number of amidine groups is 1. The Morgan fingerprint density at radius 3 is 2.44 bits per heavy atom. The van der Waals surface area contributed by atoms with Crippen molar-refractivity contribution in [2.75, 3.05) is 6.61 Å². The summed E-state index contributed by atoms with van der Waals surface area (Å²) in [6.45, 7) is 6.11. The first-order valence-corrected chi connectivity index (χ1v) is 9.40. The Kier molecular flexibility index (Phi) is 6.01. The normalized spacial score (nSPS) is 20.8. The quantitative estimate of drug-likeness (QED) is 0.696. The van der Waals surface area contributed by atoms with Crippen LogP contribution in [0.1, 0.15) is 32.4 Å². The summed E-state index contributed by atoms with van der Waals surface area (Å²) in [5.74, 6) is -0.318. The van der Waals surface area contributed by atoms with E-state index in [1.54, 1.807) is 19.1 Å². The molecule has 0 saturated carbocycles. The van der Waals surface area contributed by atoms with Crippen LogP contribution in [0.3, 0.4) is 0 Å². The van der Waals surface area contributed by atoms with Crippen LogP contribution < -0.4 is 0 Å². The Labute approximate surface area is 164 Å². The van der Waals surface area contributed by atoms with Gasteiger partial charge in [0.25, 0.3) is 6.02 Å². The highest BCUT2D eigenvalue weighted by Crippen LogP contribution is 2.36. The van der Waals surface area contributed by atoms with Gasteiger partial charge in [-0.25, -0.2) is 4.79 Å². The number of hydrogen-bond donors (Lipinski definition) is 0. The predicted molar refractivity (Wildman–Crippen MR) is 106 cm³/mol. The minimum absolute atomic E-state index is 0.000770. The molecule has 0 spiro atoms. The van der Waals surface area contributed by atoms with Gasteiger partial charge in [-0.2, -0.15) is 4.99 Å². The maximum absolute atomic E-state index is 12.8. The average Bonchev–Trinajstić information content (AvgIpc) is 3.04. The molecule has 0 bridgehead atoms. The van der Waals surface area contributed by atoms with Gasteiger partial charge in [0.1, 0.15) is 0 Å². The number of hydrogen-bond acceptors (Lipinski definition) is 4. The van der Waals surface area contributed by atoms with Crippen molar-refractivity contribution in [3.8, 4) is 0 Å². The Bertz CT molecular complexity index is 806. The minimum atomic E-state index is -0.599. The smallest absolute Gasteiger partial charge is 0.333 e. The highest BCUT2D eigenvalue weighted by atomic mass is 35.5. The van der Waals surface area contributed by atoms with E-state index < -0.39 is 12.1 Å². The van der Waals surface area contributed by atoms with Crippen molar-refractivity contribution in [1.82, 2.24) is 4.90 Å². The summed E-state index contributed by atoms with van der Waals surface area (Å²) in [4.78, 5) is 19.3. The predicted octanol–water partition coefficient (Wildman–Crippen LogP) is 4.74. The molecule has 27 heavy (non-hydrogen) atoms. The number of ether oxygens (including phenoxy) is 2. The summed E-state index contributed by atoms with van der Waals surface area (Å²) < 4.78 is 11.5. The van der Waals surface area contributed by atoms with Crippen molar-refractivity contribution in [2.24, 2.45) is 4.99 Å². The Balaban J connectivity index is 2.03. The molecule has 0 aromatic heterocycles. The lowest BCUT2D eigenvalue weighted by Crippen LogP contribution is -2.45. The van der Waals surface area contributed by atoms with E-state index in [1.807, 2.05) is 61.2 Å². The zero-order valence-corrected chi connectivity index (χ0v) is 16.4. The van der Waals surface area contributed by atoms with Gasteiger partial charge < -0.3 is 14.4 Å². The molecule has 1 fully saturated rings. The number of halogens is 1. The van der Waals surface area contributed by atoms with E-state index >= 15 is 0 Å². The summed E-state index contributed by atoms with van der Waals surface area (Å²) in [6.07, 6.45) is -0.487. The molecule has 0 amide bonds. The highest BCUT2D eigenvalue weighted by molar-refractivity contribution is 6.30. The maximum atomic E-state index is 12.8. The Hall–Kier alpha value is -2.53. The molecule has 0 radical (unpaired) electrons. The van der Waals surface area contributed by atoms with Crippen LogP contribution in [0.15, 0.2) is 59.6 Å². The number of rotatable bonds is 5. The third-order valence-corrected chi connectivity index (χ3v) is 4.56. The van der Waals surface area contributed by atoms with E-state index in [0.29, 0.717) is 23.3 Å². The standard InChI is InChI=1S/C21H23ClN2O3/c1-4-26-20(25)18-19(15-8-6-5-7-9-15)27-21(24(18)14(2)3)23-17-12-10-16(22)11-13-17/h5-14,18-19H,4H2,1-3H3/t18-,19+/m1/s1. The zero-order chi connectivity index (χ0) is 19.4. The molecule has 0 aliphatic carbocycles. The van der Waals surface area contributed by atoms with E-state index in [4.69, 9.17) is 21.1 Å². The zero-order valence-electron chi connectivity index (χ0n) is 15.6. The molecule has 2 atom stereocenters. The largest absolute Gasteiger partial charge is 0.464 e. The molecular weight excluding hydrogens is 364 g/mol. The lowest BCUT2D eigenvalue weighted by atomic mass is 10.0. The van der Waals surface area contributed by atoms with Crippen molar-refractivity contribution >= 4 is 29.3 Å². The fourth-order valence-electron chi connectivity index (χ4n) is 3.11. The van der Waals surface area contributed by atoms with Crippen molar-refractivity contribution < 1.29 is 14.3 Å². The summed E-state index contributed by atoms with van der Waals surface area (Å²) in [5.41, 5.74) is 1.61. The number of benzene rings is 2. The molecule has 2 aromatic rings. The molecule has 1 aliphatic heterocycles. The molecule has 6 heteroatoms. The highest BCUT2D eigenvalue weighted by Gasteiger charge is 2.47. The van der Waals surface area contributed by atoms with Gasteiger partial charge in [0.05, 0.1) is 12.3 Å². The average molecular weight is 387 g/mol. The van der Waals surface area contributed by atoms with Gasteiger partial charge in [-0.05, 0) is 50.6 Å². The van der Waals surface area contributed by atoms with Crippen LogP contribution in [0.2, 0.25) is 5.02 Å². The minimum Gasteiger partial charge on any atom is -0.464 e. The molecular formula is C21H23ClN2O3. The van der Waals surface area contributed by atoms with Crippen LogP contribution in [0.5, 0.6) is 0 Å². The first-order valence-electron chi connectivity index (χ1n) is 9.02. The lowest BCUT2D eigenvalue weighted by Gasteiger charge is -2.27. The number of carbonyl (C=O) groups is 1. The van der Waals surface area contributed by atoms with Crippen LogP contribution in [0, 0.1) is 0 Å². The van der Waals surface area contributed by atoms with E-state index in [0.717, 1.165) is 5.56 Å². The topological polar surface area (TPSA) is 51.1 Å². The summed E-state index contributed by atoms with van der Waals surface area (Å²) in [7, 11) is 0. The molecule has 3 rings (SSSR count). The van der Waals surface area contributed by atoms with Crippen LogP contribution in [0.4, 0.5) is 5.69 Å². The van der Waals surface area contributed by atoms with Gasteiger partial charge in [-0.15, -0.1) is 0 Å². The van der Waals surface area contributed by atoms with Gasteiger partial charge in [0.15, 0.2) is 12.1 Å². The van der Waals surface area contributed by atoms with Crippen molar-refractivity contribution in [3.63, 3.8) is 0 Å². The maximum Gasteiger partial charge on any atom is 0.333 e. The van der Waals surface area contributed by atoms with E-state index in [9.17, 15) is 4.79 Å². The van der Waals surface area contributed by atoms with Crippen molar-refractivity contribution in [1.29, 1.82) is 0 Å². The molecule has 142 valence electrons. The number of nitrogens with zero attached hydrogens (tertiary/aromatic N) is 2. The van der Waals surface area contributed by atoms with Gasteiger partial charge in [-0.3, -0.25) is 0 Å². The monoisotopic (exact) mass is 386 g/mol. The van der Waals surface area contributed by atoms with Crippen LogP contribution in [-0.4, -0.2) is 35.6 Å². The molecule has 0 N–H and O–H groups in total. The molecule has 0 unspecified atom stereocenters. The Morgan fingerprint density at radius 2 is 1.85 bits per heavy atom. The van der Waals surface area contributed by atoms with E-state index in [1.165, 1.54) is 0 Å². The molecule has 1 saturated heterocycles. The van der Waals surface area contributed by atoms with Gasteiger partial charge in [0.2, 0.25) is 0 Å². The Morgan fingerprint density at radius 1 is 1.19 bits per heavy atom.